The van der Waals surface area contributed by atoms with Gasteiger partial charge in [0.1, 0.15) is 4.90 Å². The normalized spacial score (nSPS) is 11.9. The van der Waals surface area contributed by atoms with Gasteiger partial charge in [0, 0.05) is 22.9 Å². The van der Waals surface area contributed by atoms with Crippen LogP contribution < -0.4 is 4.72 Å². The maximum absolute atomic E-state index is 13.0. The highest BCUT2D eigenvalue weighted by Gasteiger charge is 2.24. The minimum Gasteiger partial charge on any atom is -0.465 e. The summed E-state index contributed by atoms with van der Waals surface area (Å²) in [5.74, 6) is -0.491. The number of ether oxygens (including phenoxy) is 1. The molecule has 1 heterocycles. The molecule has 0 atom stereocenters. The second kappa shape index (κ2) is 8.34. The van der Waals surface area contributed by atoms with Gasteiger partial charge in [0.25, 0.3) is 10.0 Å². The first-order chi connectivity index (χ1) is 15.6. The standard InChI is InChI=1S/C22H19N3O6S2/c1-31-22(26)15-7-5-6-14(12-15)21-17-13-16(10-11-18(17)23-24-21)25-33(29,30)20-9-4-3-8-19(20)32(2,27)28/h3-13,25H,1-2H3,(H,23,24). The summed E-state index contributed by atoms with van der Waals surface area (Å²) in [7, 11) is -6.67. The first-order valence-corrected chi connectivity index (χ1v) is 13.0. The summed E-state index contributed by atoms with van der Waals surface area (Å²) in [5.41, 5.74) is 2.35. The van der Waals surface area contributed by atoms with Gasteiger partial charge in [0.05, 0.1) is 28.8 Å². The van der Waals surface area contributed by atoms with E-state index in [1.54, 1.807) is 36.4 Å². The van der Waals surface area contributed by atoms with Crippen LogP contribution in [0, 0.1) is 0 Å². The number of aromatic amines is 1. The molecule has 0 unspecified atom stereocenters. The highest BCUT2D eigenvalue weighted by atomic mass is 32.2. The van der Waals surface area contributed by atoms with E-state index in [0.717, 1.165) is 6.26 Å². The molecule has 1 aromatic heterocycles. The van der Waals surface area contributed by atoms with E-state index in [4.69, 9.17) is 4.74 Å². The molecule has 4 aromatic rings. The lowest BCUT2D eigenvalue weighted by atomic mass is 10.0. The van der Waals surface area contributed by atoms with E-state index in [-0.39, 0.29) is 15.5 Å². The number of nitrogens with zero attached hydrogens (tertiary/aromatic N) is 1. The molecule has 4 rings (SSSR count). The molecule has 0 aliphatic heterocycles. The van der Waals surface area contributed by atoms with Gasteiger partial charge in [-0.2, -0.15) is 5.10 Å². The van der Waals surface area contributed by atoms with Crippen molar-refractivity contribution in [2.24, 2.45) is 0 Å². The van der Waals surface area contributed by atoms with Crippen LogP contribution in [0.4, 0.5) is 5.69 Å². The molecule has 0 bridgehead atoms. The Kier molecular flexibility index (Phi) is 5.68. The van der Waals surface area contributed by atoms with Crippen molar-refractivity contribution >= 4 is 42.4 Å². The number of esters is 1. The van der Waals surface area contributed by atoms with Gasteiger partial charge in [0.2, 0.25) is 0 Å². The Bertz CT molecular complexity index is 1590. The molecule has 0 fully saturated rings. The zero-order valence-electron chi connectivity index (χ0n) is 17.6. The van der Waals surface area contributed by atoms with Crippen molar-refractivity contribution in [2.75, 3.05) is 18.1 Å². The second-order valence-corrected chi connectivity index (χ2v) is 10.9. The van der Waals surface area contributed by atoms with Crippen molar-refractivity contribution in [1.82, 2.24) is 10.2 Å². The maximum Gasteiger partial charge on any atom is 0.337 e. The lowest BCUT2D eigenvalue weighted by molar-refractivity contribution is 0.0600. The van der Waals surface area contributed by atoms with Crippen molar-refractivity contribution in [3.8, 4) is 11.3 Å². The molecule has 33 heavy (non-hydrogen) atoms. The van der Waals surface area contributed by atoms with Gasteiger partial charge in [-0.25, -0.2) is 21.6 Å². The quantitative estimate of drug-likeness (QED) is 0.400. The van der Waals surface area contributed by atoms with Crippen LogP contribution in [-0.4, -0.2) is 46.4 Å². The number of sulfonamides is 1. The molecule has 170 valence electrons. The molecule has 0 saturated heterocycles. The SMILES string of the molecule is COC(=O)c1cccc(-c2n[nH]c3ccc(NS(=O)(=O)c4ccccc4S(C)(=O)=O)cc23)c1. The number of carbonyl (C=O) groups excluding carboxylic acids is 1. The predicted molar refractivity (Wildman–Crippen MR) is 123 cm³/mol. The van der Waals surface area contributed by atoms with Crippen LogP contribution in [0.2, 0.25) is 0 Å². The average Bonchev–Trinajstić information content (AvgIpc) is 3.21. The summed E-state index contributed by atoms with van der Waals surface area (Å²) in [6.07, 6.45) is 0.952. The number of benzene rings is 3. The second-order valence-electron chi connectivity index (χ2n) is 7.23. The fourth-order valence-electron chi connectivity index (χ4n) is 3.40. The number of methoxy groups -OCH3 is 1. The van der Waals surface area contributed by atoms with Gasteiger partial charge >= 0.3 is 5.97 Å². The van der Waals surface area contributed by atoms with Crippen molar-refractivity contribution < 1.29 is 26.4 Å². The Hall–Kier alpha value is -3.70. The summed E-state index contributed by atoms with van der Waals surface area (Å²) in [4.78, 5) is 11.2. The number of sulfone groups is 1. The Balaban J connectivity index is 1.76. The minimum absolute atomic E-state index is 0.220. The van der Waals surface area contributed by atoms with Gasteiger partial charge < -0.3 is 4.74 Å². The Morgan fingerprint density at radius 1 is 0.939 bits per heavy atom. The Morgan fingerprint density at radius 2 is 1.67 bits per heavy atom. The Morgan fingerprint density at radius 3 is 2.36 bits per heavy atom. The lowest BCUT2D eigenvalue weighted by Crippen LogP contribution is -2.16. The fourth-order valence-corrected chi connectivity index (χ4v) is 6.08. The number of nitrogens with one attached hydrogen (secondary N) is 2. The smallest absolute Gasteiger partial charge is 0.337 e. The monoisotopic (exact) mass is 485 g/mol. The molecule has 11 heteroatoms. The van der Waals surface area contributed by atoms with Crippen LogP contribution in [0.15, 0.2) is 76.5 Å². The molecule has 9 nitrogen and oxygen atoms in total. The maximum atomic E-state index is 13.0. The number of hydrogen-bond acceptors (Lipinski definition) is 7. The van der Waals surface area contributed by atoms with Crippen LogP contribution in [0.1, 0.15) is 10.4 Å². The molecular weight excluding hydrogens is 466 g/mol. The van der Waals surface area contributed by atoms with Crippen molar-refractivity contribution in [2.45, 2.75) is 9.79 Å². The number of aromatic nitrogens is 2. The molecule has 0 saturated carbocycles. The summed E-state index contributed by atoms with van der Waals surface area (Å²) in [5, 5.41) is 7.78. The molecule has 0 amide bonds. The number of anilines is 1. The van der Waals surface area contributed by atoms with E-state index in [9.17, 15) is 21.6 Å². The minimum atomic E-state index is -4.20. The summed E-state index contributed by atoms with van der Waals surface area (Å²) >= 11 is 0. The molecule has 3 aromatic carbocycles. The van der Waals surface area contributed by atoms with Crippen LogP contribution in [0.25, 0.3) is 22.2 Å². The lowest BCUT2D eigenvalue weighted by Gasteiger charge is -2.11. The molecular formula is C22H19N3O6S2. The molecule has 2 N–H and O–H groups in total. The van der Waals surface area contributed by atoms with E-state index < -0.39 is 25.8 Å². The van der Waals surface area contributed by atoms with Gasteiger partial charge in [-0.15, -0.1) is 0 Å². The summed E-state index contributed by atoms with van der Waals surface area (Å²) in [6.45, 7) is 0. The highest BCUT2D eigenvalue weighted by Crippen LogP contribution is 2.30. The number of carbonyl (C=O) groups is 1. The molecule has 0 radical (unpaired) electrons. The van der Waals surface area contributed by atoms with E-state index in [2.05, 4.69) is 14.9 Å². The molecule has 0 spiro atoms. The average molecular weight is 486 g/mol. The third kappa shape index (κ3) is 4.45. The first kappa shape index (κ1) is 22.5. The summed E-state index contributed by atoms with van der Waals surface area (Å²) in [6, 6.07) is 16.9. The van der Waals surface area contributed by atoms with Gasteiger partial charge in [-0.1, -0.05) is 24.3 Å². The molecule has 0 aliphatic rings. The topological polar surface area (TPSA) is 135 Å². The van der Waals surface area contributed by atoms with Crippen molar-refractivity contribution in [1.29, 1.82) is 0 Å². The van der Waals surface area contributed by atoms with E-state index in [0.29, 0.717) is 27.7 Å². The summed E-state index contributed by atoms with van der Waals surface area (Å²) < 4.78 is 57.3. The van der Waals surface area contributed by atoms with E-state index >= 15 is 0 Å². The van der Waals surface area contributed by atoms with Gasteiger partial charge in [-0.05, 0) is 42.5 Å². The third-order valence-corrected chi connectivity index (χ3v) is 7.63. The highest BCUT2D eigenvalue weighted by molar-refractivity contribution is 7.95. The third-order valence-electron chi connectivity index (χ3n) is 4.91. The van der Waals surface area contributed by atoms with Crippen LogP contribution in [0.5, 0.6) is 0 Å². The zero-order chi connectivity index (χ0) is 23.8. The van der Waals surface area contributed by atoms with Gasteiger partial charge in [0.15, 0.2) is 9.84 Å². The van der Waals surface area contributed by atoms with Crippen LogP contribution in [-0.2, 0) is 24.6 Å². The number of fused-ring (bicyclic) bond motifs is 1. The van der Waals surface area contributed by atoms with Crippen LogP contribution >= 0.6 is 0 Å². The number of hydrogen-bond donors (Lipinski definition) is 2. The first-order valence-electron chi connectivity index (χ1n) is 9.59. The molecule has 0 aliphatic carbocycles. The fraction of sp³-hybridized carbons (Fsp3) is 0.0909. The van der Waals surface area contributed by atoms with Crippen molar-refractivity contribution in [3.63, 3.8) is 0 Å². The Labute approximate surface area is 190 Å². The van der Waals surface area contributed by atoms with Crippen LogP contribution in [0.3, 0.4) is 0 Å². The van der Waals surface area contributed by atoms with Crippen molar-refractivity contribution in [3.05, 3.63) is 72.3 Å². The number of H-pyrrole nitrogens is 1. The van der Waals surface area contributed by atoms with E-state index in [1.807, 2.05) is 0 Å². The number of rotatable bonds is 6. The predicted octanol–water partition coefficient (Wildman–Crippen LogP) is 3.22. The largest absolute Gasteiger partial charge is 0.465 e. The van der Waals surface area contributed by atoms with Gasteiger partial charge in [-0.3, -0.25) is 9.82 Å². The van der Waals surface area contributed by atoms with E-state index in [1.165, 1.54) is 37.4 Å². The zero-order valence-corrected chi connectivity index (χ0v) is 19.2.